The van der Waals surface area contributed by atoms with Crippen molar-refractivity contribution in [2.45, 2.75) is 18.9 Å². The molecule has 1 N–H and O–H groups in total. The number of aliphatic hydroxyl groups excluding tert-OH is 1. The van der Waals surface area contributed by atoms with Crippen molar-refractivity contribution in [2.24, 2.45) is 0 Å². The van der Waals surface area contributed by atoms with Gasteiger partial charge in [0, 0.05) is 18.0 Å². The first-order valence-electron chi connectivity index (χ1n) is 7.72. The molecule has 1 aliphatic rings. The number of hydrogen-bond acceptors (Lipinski definition) is 5. The summed E-state index contributed by atoms with van der Waals surface area (Å²) < 4.78 is 1.68. The van der Waals surface area contributed by atoms with Crippen LogP contribution < -0.4 is 4.90 Å². The van der Waals surface area contributed by atoms with Gasteiger partial charge in [0.05, 0.1) is 46.3 Å². The van der Waals surface area contributed by atoms with Crippen LogP contribution in [0.4, 0.5) is 5.82 Å². The van der Waals surface area contributed by atoms with Crippen LogP contribution in [-0.2, 0) is 0 Å². The lowest BCUT2D eigenvalue weighted by atomic mass is 10.1. The third-order valence-electron chi connectivity index (χ3n) is 4.39. The van der Waals surface area contributed by atoms with Crippen molar-refractivity contribution in [2.75, 3.05) is 18.1 Å². The Bertz CT molecular complexity index is 884. The largest absolute Gasteiger partial charge is 0.394 e. The fourth-order valence-corrected chi connectivity index (χ4v) is 3.56. The smallest absolute Gasteiger partial charge is 0.131 e. The number of aliphatic hydroxyl groups is 1. The Morgan fingerprint density at radius 1 is 1.29 bits per heavy atom. The monoisotopic (exact) mass is 363 g/mol. The van der Waals surface area contributed by atoms with Gasteiger partial charge in [-0.15, -0.1) is 5.10 Å². The molecule has 0 aliphatic carbocycles. The summed E-state index contributed by atoms with van der Waals surface area (Å²) in [6.45, 7) is 0.945. The average Bonchev–Trinajstić information content (AvgIpc) is 3.28. The normalized spacial score (nSPS) is 17.8. The molecule has 4 rings (SSSR count). The molecule has 1 saturated heterocycles. The van der Waals surface area contributed by atoms with Crippen LogP contribution in [-0.4, -0.2) is 44.3 Å². The van der Waals surface area contributed by atoms with Crippen LogP contribution in [0.25, 0.3) is 16.6 Å². The molecule has 0 bridgehead atoms. The van der Waals surface area contributed by atoms with E-state index in [2.05, 4.69) is 15.2 Å². The predicted octanol–water partition coefficient (Wildman–Crippen LogP) is 3.08. The second-order valence-corrected chi connectivity index (χ2v) is 6.56. The van der Waals surface area contributed by atoms with Crippen molar-refractivity contribution >= 4 is 39.9 Å². The summed E-state index contributed by atoms with van der Waals surface area (Å²) in [6, 6.07) is 5.65. The lowest BCUT2D eigenvalue weighted by Crippen LogP contribution is -2.32. The molecule has 2 aromatic heterocycles. The highest BCUT2D eigenvalue weighted by Crippen LogP contribution is 2.35. The summed E-state index contributed by atoms with van der Waals surface area (Å²) in [5.74, 6) is 0.758. The fraction of sp³-hybridized carbons (Fsp3) is 0.312. The van der Waals surface area contributed by atoms with E-state index in [0.29, 0.717) is 15.6 Å². The Morgan fingerprint density at radius 2 is 2.17 bits per heavy atom. The Morgan fingerprint density at radius 3 is 2.92 bits per heavy atom. The third-order valence-corrected chi connectivity index (χ3v) is 5.18. The van der Waals surface area contributed by atoms with Crippen molar-refractivity contribution in [1.82, 2.24) is 20.0 Å². The SMILES string of the molecule is OCC1CCCN1c1cc(-n2ccnn2)c2ccc(Cl)c(Cl)c2n1. The maximum atomic E-state index is 9.62. The minimum absolute atomic E-state index is 0.0662. The first kappa shape index (κ1) is 15.6. The van der Waals surface area contributed by atoms with Gasteiger partial charge in [0.25, 0.3) is 0 Å². The van der Waals surface area contributed by atoms with E-state index in [4.69, 9.17) is 28.2 Å². The van der Waals surface area contributed by atoms with Crippen LogP contribution in [0.3, 0.4) is 0 Å². The van der Waals surface area contributed by atoms with Crippen LogP contribution in [0.15, 0.2) is 30.6 Å². The van der Waals surface area contributed by atoms with Gasteiger partial charge < -0.3 is 10.0 Å². The van der Waals surface area contributed by atoms with Gasteiger partial charge in [0.2, 0.25) is 0 Å². The van der Waals surface area contributed by atoms with Crippen LogP contribution >= 0.6 is 23.2 Å². The number of benzene rings is 1. The number of anilines is 1. The van der Waals surface area contributed by atoms with Crippen molar-refractivity contribution in [1.29, 1.82) is 0 Å². The first-order chi connectivity index (χ1) is 11.7. The van der Waals surface area contributed by atoms with E-state index in [1.165, 1.54) is 0 Å². The number of hydrogen-bond donors (Lipinski definition) is 1. The molecule has 0 amide bonds. The lowest BCUT2D eigenvalue weighted by molar-refractivity contribution is 0.266. The van der Waals surface area contributed by atoms with Gasteiger partial charge >= 0.3 is 0 Å². The van der Waals surface area contributed by atoms with E-state index in [1.807, 2.05) is 12.1 Å². The van der Waals surface area contributed by atoms with Crippen LogP contribution in [0.5, 0.6) is 0 Å². The lowest BCUT2D eigenvalue weighted by Gasteiger charge is -2.25. The van der Waals surface area contributed by atoms with E-state index < -0.39 is 0 Å². The van der Waals surface area contributed by atoms with Gasteiger partial charge in [0.1, 0.15) is 5.82 Å². The van der Waals surface area contributed by atoms with Crippen LogP contribution in [0, 0.1) is 0 Å². The third kappa shape index (κ3) is 2.51. The second kappa shape index (κ2) is 6.20. The molecule has 6 nitrogen and oxygen atoms in total. The van der Waals surface area contributed by atoms with E-state index >= 15 is 0 Å². The summed E-state index contributed by atoms with van der Waals surface area (Å²) in [4.78, 5) is 6.83. The summed E-state index contributed by atoms with van der Waals surface area (Å²) in [5.41, 5.74) is 1.45. The van der Waals surface area contributed by atoms with Gasteiger partial charge in [-0.25, -0.2) is 9.67 Å². The Kier molecular flexibility index (Phi) is 4.04. The van der Waals surface area contributed by atoms with Gasteiger partial charge in [-0.1, -0.05) is 28.4 Å². The zero-order chi connectivity index (χ0) is 16.7. The first-order valence-corrected chi connectivity index (χ1v) is 8.47. The van der Waals surface area contributed by atoms with Crippen molar-refractivity contribution < 1.29 is 5.11 Å². The summed E-state index contributed by atoms with van der Waals surface area (Å²) in [7, 11) is 0. The zero-order valence-corrected chi connectivity index (χ0v) is 14.2. The van der Waals surface area contributed by atoms with Gasteiger partial charge in [-0.05, 0) is 25.0 Å². The number of fused-ring (bicyclic) bond motifs is 1. The van der Waals surface area contributed by atoms with Gasteiger partial charge in [-0.3, -0.25) is 0 Å². The average molecular weight is 364 g/mol. The molecule has 1 aromatic carbocycles. The molecular weight excluding hydrogens is 349 g/mol. The van der Waals surface area contributed by atoms with Gasteiger partial charge in [0.15, 0.2) is 0 Å². The zero-order valence-electron chi connectivity index (χ0n) is 12.7. The van der Waals surface area contributed by atoms with Gasteiger partial charge in [-0.2, -0.15) is 0 Å². The number of pyridine rings is 1. The van der Waals surface area contributed by atoms with Crippen LogP contribution in [0.2, 0.25) is 10.0 Å². The molecule has 8 heteroatoms. The standard InChI is InChI=1S/C16H15Cl2N5O/c17-12-4-3-11-13(23-7-5-19-21-23)8-14(20-16(11)15(12)18)22-6-1-2-10(22)9-24/h3-5,7-8,10,24H,1-2,6,9H2. The maximum absolute atomic E-state index is 9.62. The topological polar surface area (TPSA) is 67.1 Å². The molecule has 124 valence electrons. The highest BCUT2D eigenvalue weighted by atomic mass is 35.5. The van der Waals surface area contributed by atoms with E-state index in [1.54, 1.807) is 23.1 Å². The molecule has 0 saturated carbocycles. The fourth-order valence-electron chi connectivity index (χ4n) is 3.20. The molecule has 1 atom stereocenters. The minimum atomic E-state index is 0.0662. The summed E-state index contributed by atoms with van der Waals surface area (Å²) in [6.07, 6.45) is 5.36. The highest BCUT2D eigenvalue weighted by Gasteiger charge is 2.26. The van der Waals surface area contributed by atoms with Crippen LogP contribution in [0.1, 0.15) is 12.8 Å². The molecule has 1 aliphatic heterocycles. The van der Waals surface area contributed by atoms with Crippen molar-refractivity contribution in [3.63, 3.8) is 0 Å². The van der Waals surface area contributed by atoms with E-state index in [-0.39, 0.29) is 12.6 Å². The second-order valence-electron chi connectivity index (χ2n) is 5.78. The summed E-state index contributed by atoms with van der Waals surface area (Å²) >= 11 is 12.6. The van der Waals surface area contributed by atoms with E-state index in [9.17, 15) is 5.11 Å². The Balaban J connectivity index is 1.97. The molecule has 1 fully saturated rings. The number of nitrogens with zero attached hydrogens (tertiary/aromatic N) is 5. The quantitative estimate of drug-likeness (QED) is 0.774. The molecular formula is C16H15Cl2N5O. The molecule has 3 aromatic rings. The number of halogens is 2. The molecule has 3 heterocycles. The van der Waals surface area contributed by atoms with Crippen molar-refractivity contribution in [3.8, 4) is 5.69 Å². The molecule has 0 radical (unpaired) electrons. The Labute approximate surface area is 148 Å². The summed E-state index contributed by atoms with van der Waals surface area (Å²) in [5, 5.41) is 19.3. The predicted molar refractivity (Wildman–Crippen MR) is 94.1 cm³/mol. The highest BCUT2D eigenvalue weighted by molar-refractivity contribution is 6.45. The minimum Gasteiger partial charge on any atom is -0.394 e. The Hall–Kier alpha value is -1.89. The molecule has 1 unspecified atom stereocenters. The number of rotatable bonds is 3. The number of aromatic nitrogens is 4. The maximum Gasteiger partial charge on any atom is 0.131 e. The molecule has 0 spiro atoms. The molecule has 24 heavy (non-hydrogen) atoms. The van der Waals surface area contributed by atoms with E-state index in [0.717, 1.165) is 36.3 Å². The van der Waals surface area contributed by atoms with Crippen molar-refractivity contribution in [3.05, 3.63) is 40.6 Å².